The number of nitrogens with zero attached hydrogens (tertiary/aromatic N) is 4. The number of anilines is 1. The molecule has 0 bridgehead atoms. The maximum Gasteiger partial charge on any atom is 0.411 e. The molecule has 2 heterocycles. The minimum atomic E-state index is -1.24. The van der Waals surface area contributed by atoms with Crippen molar-refractivity contribution in [2.45, 2.75) is 0 Å². The summed E-state index contributed by atoms with van der Waals surface area (Å²) < 4.78 is 14.9. The number of nitrogens with one attached hydrogen (secondary N) is 1. The molecule has 7 nitrogen and oxygen atoms in total. The fourth-order valence-corrected chi connectivity index (χ4v) is 2.20. The van der Waals surface area contributed by atoms with E-state index in [9.17, 15) is 9.18 Å². The standard InChI is InChI=1S/C15H12FN5O2/c1-21-8-18-12(9-2-4-10(16)5-3-9)13(21)11-6-7-17-14(19-11)20-15(22)23/h2-8H,1H3,(H,22,23)(H,17,19,20). The Morgan fingerprint density at radius 3 is 2.65 bits per heavy atom. The fraction of sp³-hybridized carbons (Fsp3) is 0.0667. The molecule has 1 aromatic carbocycles. The van der Waals surface area contributed by atoms with Gasteiger partial charge in [-0.15, -0.1) is 0 Å². The van der Waals surface area contributed by atoms with Crippen LogP contribution >= 0.6 is 0 Å². The monoisotopic (exact) mass is 313 g/mol. The van der Waals surface area contributed by atoms with Gasteiger partial charge in [0.05, 0.1) is 23.4 Å². The molecule has 3 aromatic rings. The third-order valence-electron chi connectivity index (χ3n) is 3.17. The third-order valence-corrected chi connectivity index (χ3v) is 3.17. The van der Waals surface area contributed by atoms with Gasteiger partial charge in [-0.1, -0.05) is 0 Å². The van der Waals surface area contributed by atoms with Gasteiger partial charge in [-0.05, 0) is 30.3 Å². The molecule has 1 amide bonds. The van der Waals surface area contributed by atoms with Crippen LogP contribution in [0.25, 0.3) is 22.6 Å². The molecule has 0 aliphatic rings. The normalized spacial score (nSPS) is 10.5. The Morgan fingerprint density at radius 2 is 1.96 bits per heavy atom. The molecule has 23 heavy (non-hydrogen) atoms. The maximum absolute atomic E-state index is 13.1. The first-order valence-corrected chi connectivity index (χ1v) is 6.65. The van der Waals surface area contributed by atoms with E-state index in [2.05, 4.69) is 20.3 Å². The van der Waals surface area contributed by atoms with Gasteiger partial charge in [0.2, 0.25) is 5.95 Å². The summed E-state index contributed by atoms with van der Waals surface area (Å²) in [4.78, 5) is 23.1. The highest BCUT2D eigenvalue weighted by atomic mass is 19.1. The Balaban J connectivity index is 2.08. The van der Waals surface area contributed by atoms with E-state index in [0.717, 1.165) is 5.56 Å². The van der Waals surface area contributed by atoms with E-state index in [1.165, 1.54) is 18.3 Å². The van der Waals surface area contributed by atoms with E-state index in [4.69, 9.17) is 5.11 Å². The lowest BCUT2D eigenvalue weighted by Gasteiger charge is -2.07. The zero-order chi connectivity index (χ0) is 16.4. The molecule has 0 spiro atoms. The molecule has 0 unspecified atom stereocenters. The van der Waals surface area contributed by atoms with Crippen molar-refractivity contribution in [3.05, 3.63) is 48.7 Å². The highest BCUT2D eigenvalue weighted by molar-refractivity contribution is 5.81. The predicted molar refractivity (Wildman–Crippen MR) is 81.3 cm³/mol. The number of amides is 1. The number of imidazole rings is 1. The van der Waals surface area contributed by atoms with Gasteiger partial charge >= 0.3 is 6.09 Å². The van der Waals surface area contributed by atoms with Crippen LogP contribution in [-0.4, -0.2) is 30.7 Å². The number of aromatic nitrogens is 4. The smallest absolute Gasteiger partial charge is 0.411 e. The van der Waals surface area contributed by atoms with Crippen LogP contribution in [0.4, 0.5) is 15.1 Å². The number of benzene rings is 1. The van der Waals surface area contributed by atoms with Crippen molar-refractivity contribution in [3.8, 4) is 22.6 Å². The van der Waals surface area contributed by atoms with Crippen molar-refractivity contribution in [1.29, 1.82) is 0 Å². The number of carbonyl (C=O) groups is 1. The van der Waals surface area contributed by atoms with Gasteiger partial charge in [0.15, 0.2) is 0 Å². The molecule has 8 heteroatoms. The number of carboxylic acid groups (broad SMARTS) is 1. The summed E-state index contributed by atoms with van der Waals surface area (Å²) in [6, 6.07) is 7.60. The average molecular weight is 313 g/mol. The third kappa shape index (κ3) is 3.00. The summed E-state index contributed by atoms with van der Waals surface area (Å²) in [5, 5.41) is 10.9. The van der Waals surface area contributed by atoms with Crippen LogP contribution in [0.5, 0.6) is 0 Å². The van der Waals surface area contributed by atoms with Crippen molar-refractivity contribution in [2.75, 3.05) is 5.32 Å². The molecule has 0 radical (unpaired) electrons. The second-order valence-electron chi connectivity index (χ2n) is 4.76. The van der Waals surface area contributed by atoms with Gasteiger partial charge in [-0.2, -0.15) is 0 Å². The summed E-state index contributed by atoms with van der Waals surface area (Å²) in [5.74, 6) is -0.359. The van der Waals surface area contributed by atoms with Crippen LogP contribution in [0.15, 0.2) is 42.9 Å². The predicted octanol–water partition coefficient (Wildman–Crippen LogP) is 2.77. The van der Waals surface area contributed by atoms with E-state index in [-0.39, 0.29) is 11.8 Å². The Kier molecular flexibility index (Phi) is 3.71. The lowest BCUT2D eigenvalue weighted by Crippen LogP contribution is -2.10. The molecule has 2 N–H and O–H groups in total. The topological polar surface area (TPSA) is 92.9 Å². The summed E-state index contributed by atoms with van der Waals surface area (Å²) in [5.41, 5.74) is 2.52. The number of hydrogen-bond acceptors (Lipinski definition) is 4. The minimum absolute atomic E-state index is 0.0266. The molecule has 0 saturated carbocycles. The van der Waals surface area contributed by atoms with Gasteiger partial charge in [-0.25, -0.2) is 24.1 Å². The highest BCUT2D eigenvalue weighted by Gasteiger charge is 2.15. The Bertz CT molecular complexity index is 861. The first kappa shape index (κ1) is 14.6. The Labute approximate surface area is 130 Å². The molecule has 2 aromatic heterocycles. The quantitative estimate of drug-likeness (QED) is 0.775. The second kappa shape index (κ2) is 5.84. The van der Waals surface area contributed by atoms with Crippen LogP contribution in [0, 0.1) is 5.82 Å². The molecule has 0 fully saturated rings. The van der Waals surface area contributed by atoms with Crippen LogP contribution < -0.4 is 5.32 Å². The van der Waals surface area contributed by atoms with Gasteiger partial charge in [0.25, 0.3) is 0 Å². The number of rotatable bonds is 3. The largest absolute Gasteiger partial charge is 0.465 e. The molecular formula is C15H12FN5O2. The van der Waals surface area contributed by atoms with E-state index >= 15 is 0 Å². The average Bonchev–Trinajstić information content (AvgIpc) is 2.89. The van der Waals surface area contributed by atoms with Crippen molar-refractivity contribution < 1.29 is 14.3 Å². The lowest BCUT2D eigenvalue weighted by atomic mass is 10.1. The molecule has 0 aliphatic heterocycles. The number of halogens is 1. The second-order valence-corrected chi connectivity index (χ2v) is 4.76. The van der Waals surface area contributed by atoms with Gasteiger partial charge in [0.1, 0.15) is 5.82 Å². The maximum atomic E-state index is 13.1. The SMILES string of the molecule is Cn1cnc(-c2ccc(F)cc2)c1-c1ccnc(NC(=O)O)n1. The van der Waals surface area contributed by atoms with E-state index in [1.54, 1.807) is 36.1 Å². The highest BCUT2D eigenvalue weighted by Crippen LogP contribution is 2.29. The van der Waals surface area contributed by atoms with E-state index in [0.29, 0.717) is 17.1 Å². The molecule has 116 valence electrons. The van der Waals surface area contributed by atoms with Crippen molar-refractivity contribution in [2.24, 2.45) is 7.05 Å². The molecule has 0 atom stereocenters. The summed E-state index contributed by atoms with van der Waals surface area (Å²) in [6.07, 6.45) is 1.82. The summed E-state index contributed by atoms with van der Waals surface area (Å²) in [7, 11) is 1.79. The minimum Gasteiger partial charge on any atom is -0.465 e. The molecule has 0 saturated heterocycles. The van der Waals surface area contributed by atoms with Crippen LogP contribution in [0.1, 0.15) is 0 Å². The van der Waals surface area contributed by atoms with Gasteiger partial charge in [0, 0.05) is 18.8 Å². The van der Waals surface area contributed by atoms with E-state index < -0.39 is 6.09 Å². The zero-order valence-corrected chi connectivity index (χ0v) is 12.1. The fourth-order valence-electron chi connectivity index (χ4n) is 2.20. The van der Waals surface area contributed by atoms with Gasteiger partial charge < -0.3 is 9.67 Å². The molecule has 0 aliphatic carbocycles. The molecular weight excluding hydrogens is 301 g/mol. The number of hydrogen-bond donors (Lipinski definition) is 2. The van der Waals surface area contributed by atoms with Crippen LogP contribution in [0.3, 0.4) is 0 Å². The van der Waals surface area contributed by atoms with Crippen LogP contribution in [-0.2, 0) is 7.05 Å². The van der Waals surface area contributed by atoms with E-state index in [1.807, 2.05) is 0 Å². The number of aryl methyl sites for hydroxylation is 1. The summed E-state index contributed by atoms with van der Waals surface area (Å²) >= 11 is 0. The van der Waals surface area contributed by atoms with Crippen molar-refractivity contribution >= 4 is 12.0 Å². The first-order chi connectivity index (χ1) is 11.0. The Hall–Kier alpha value is -3.29. The van der Waals surface area contributed by atoms with Crippen LogP contribution in [0.2, 0.25) is 0 Å². The molecule has 3 rings (SSSR count). The summed E-state index contributed by atoms with van der Waals surface area (Å²) in [6.45, 7) is 0. The first-order valence-electron chi connectivity index (χ1n) is 6.65. The van der Waals surface area contributed by atoms with Crippen molar-refractivity contribution in [3.63, 3.8) is 0 Å². The Morgan fingerprint density at radius 1 is 1.22 bits per heavy atom. The lowest BCUT2D eigenvalue weighted by molar-refractivity contribution is 0.209. The van der Waals surface area contributed by atoms with Crippen molar-refractivity contribution in [1.82, 2.24) is 19.5 Å². The van der Waals surface area contributed by atoms with Gasteiger partial charge in [-0.3, -0.25) is 5.32 Å². The zero-order valence-electron chi connectivity index (χ0n) is 12.1.